The quantitative estimate of drug-likeness (QED) is 0.373. The van der Waals surface area contributed by atoms with Crippen LogP contribution in [0.25, 0.3) is 0 Å². The van der Waals surface area contributed by atoms with Crippen LogP contribution in [-0.4, -0.2) is 34.3 Å². The average Bonchev–Trinajstić information content (AvgIpc) is 2.27. The first-order chi connectivity index (χ1) is 7.58. The summed E-state index contributed by atoms with van der Waals surface area (Å²) < 4.78 is 15.9. The van der Waals surface area contributed by atoms with E-state index in [-0.39, 0.29) is 5.41 Å². The maximum atomic E-state index is 11.9. The summed E-state index contributed by atoms with van der Waals surface area (Å²) in [7, 11) is -1.45. The van der Waals surface area contributed by atoms with Crippen molar-refractivity contribution in [2.45, 2.75) is 34.2 Å². The van der Waals surface area contributed by atoms with Gasteiger partial charge in [-0.25, -0.2) is 0 Å². The van der Waals surface area contributed by atoms with Crippen molar-refractivity contribution in [1.29, 1.82) is 0 Å². The molecule has 0 amide bonds. The highest BCUT2D eigenvalue weighted by Gasteiger charge is 2.23. The van der Waals surface area contributed by atoms with Crippen LogP contribution in [0.3, 0.4) is 0 Å². The maximum absolute atomic E-state index is 11.9. The van der Waals surface area contributed by atoms with Gasteiger partial charge in [-0.2, -0.15) is 0 Å². The number of hydrogen-bond donors (Lipinski definition) is 0. The molecule has 0 aliphatic rings. The van der Waals surface area contributed by atoms with Gasteiger partial charge in [0, 0.05) is 6.61 Å². The van der Waals surface area contributed by atoms with Crippen molar-refractivity contribution in [2.24, 2.45) is 0 Å². The van der Waals surface area contributed by atoms with Crippen molar-refractivity contribution in [2.75, 3.05) is 19.8 Å². The Kier molecular flexibility index (Phi) is 7.93. The second-order valence-corrected chi connectivity index (χ2v) is 4.95. The predicted molar refractivity (Wildman–Crippen MR) is 64.2 cm³/mol. The highest BCUT2D eigenvalue weighted by atomic mass is 28.3. The van der Waals surface area contributed by atoms with Gasteiger partial charge < -0.3 is 13.9 Å². The fourth-order valence-corrected chi connectivity index (χ4v) is 2.35. The van der Waals surface area contributed by atoms with Gasteiger partial charge in [-0.1, -0.05) is 0 Å². The van der Waals surface area contributed by atoms with Gasteiger partial charge in [0.15, 0.2) is 5.41 Å². The molecule has 0 atom stereocenters. The molecule has 0 rings (SSSR count). The molecule has 0 aliphatic heterocycles. The molecule has 4 nitrogen and oxygen atoms in total. The van der Waals surface area contributed by atoms with Crippen LogP contribution in [0.15, 0.2) is 11.5 Å². The molecule has 0 aliphatic carbocycles. The van der Waals surface area contributed by atoms with E-state index in [2.05, 4.69) is 0 Å². The monoisotopic (exact) mass is 245 g/mol. The third-order valence-electron chi connectivity index (χ3n) is 1.88. The molecule has 0 saturated heterocycles. The van der Waals surface area contributed by atoms with Crippen molar-refractivity contribution in [3.63, 3.8) is 0 Å². The summed E-state index contributed by atoms with van der Waals surface area (Å²) in [5.74, 6) is 0.332. The molecule has 5 heteroatoms. The number of ether oxygens (including phenoxy) is 2. The molecule has 0 unspecified atom stereocenters. The van der Waals surface area contributed by atoms with Crippen molar-refractivity contribution in [1.82, 2.24) is 0 Å². The zero-order valence-electron chi connectivity index (χ0n) is 10.8. The molecule has 0 heterocycles. The lowest BCUT2D eigenvalue weighted by atomic mass is 10.3. The zero-order valence-corrected chi connectivity index (χ0v) is 11.8. The van der Waals surface area contributed by atoms with E-state index in [1.165, 1.54) is 0 Å². The molecular formula is C11H21O4Si. The SMILES string of the molecule is CCOC(OCC)=C(C)C(=O)[Si](C)OCC. The van der Waals surface area contributed by atoms with Gasteiger partial charge in [0.2, 0.25) is 0 Å². The second kappa shape index (κ2) is 8.35. The number of rotatable bonds is 8. The molecule has 1 radical (unpaired) electrons. The van der Waals surface area contributed by atoms with Gasteiger partial charge in [-0.05, 0) is 34.2 Å². The lowest BCUT2D eigenvalue weighted by molar-refractivity contribution is -0.110. The Hall–Kier alpha value is -0.813. The highest BCUT2D eigenvalue weighted by Crippen LogP contribution is 2.11. The van der Waals surface area contributed by atoms with Crippen molar-refractivity contribution < 1.29 is 18.7 Å². The third-order valence-corrected chi connectivity index (χ3v) is 3.61. The summed E-state index contributed by atoms with van der Waals surface area (Å²) in [6.07, 6.45) is 0. The van der Waals surface area contributed by atoms with Gasteiger partial charge in [0.1, 0.15) is 0 Å². The second-order valence-electron chi connectivity index (χ2n) is 3.10. The fraction of sp³-hybridized carbons (Fsp3) is 0.727. The smallest absolute Gasteiger partial charge is 0.293 e. The van der Waals surface area contributed by atoms with Crippen LogP contribution in [-0.2, 0) is 18.7 Å². The molecule has 0 aromatic heterocycles. The predicted octanol–water partition coefficient (Wildman–Crippen LogP) is 2.06. The van der Waals surface area contributed by atoms with E-state index in [1.54, 1.807) is 6.92 Å². The van der Waals surface area contributed by atoms with E-state index in [9.17, 15) is 4.79 Å². The van der Waals surface area contributed by atoms with Crippen molar-refractivity contribution >= 4 is 14.4 Å². The third kappa shape index (κ3) is 4.81. The number of carbonyl (C=O) groups excluding carboxylic acids is 1. The molecule has 0 N–H and O–H groups in total. The Morgan fingerprint density at radius 2 is 1.56 bits per heavy atom. The minimum atomic E-state index is -1.45. The lowest BCUT2D eigenvalue weighted by Gasteiger charge is -2.14. The number of carbonyl (C=O) groups is 1. The largest absolute Gasteiger partial charge is 0.465 e. The topological polar surface area (TPSA) is 44.8 Å². The van der Waals surface area contributed by atoms with Crippen molar-refractivity contribution in [3.8, 4) is 0 Å². The summed E-state index contributed by atoms with van der Waals surface area (Å²) in [4.78, 5) is 11.9. The van der Waals surface area contributed by atoms with Crippen LogP contribution in [0.2, 0.25) is 6.55 Å². The average molecular weight is 245 g/mol. The first-order valence-electron chi connectivity index (χ1n) is 5.55. The maximum Gasteiger partial charge on any atom is 0.293 e. The minimum Gasteiger partial charge on any atom is -0.465 e. The summed E-state index contributed by atoms with van der Waals surface area (Å²) in [6.45, 7) is 10.7. The fourth-order valence-electron chi connectivity index (χ4n) is 1.16. The summed E-state index contributed by atoms with van der Waals surface area (Å²) in [5.41, 5.74) is 0.522. The minimum absolute atomic E-state index is 0.00347. The van der Waals surface area contributed by atoms with E-state index in [0.717, 1.165) is 0 Å². The van der Waals surface area contributed by atoms with E-state index < -0.39 is 9.04 Å². The van der Waals surface area contributed by atoms with E-state index in [0.29, 0.717) is 31.3 Å². The molecule has 0 aromatic carbocycles. The Morgan fingerprint density at radius 3 is 1.94 bits per heavy atom. The van der Waals surface area contributed by atoms with Crippen LogP contribution < -0.4 is 0 Å². The van der Waals surface area contributed by atoms with E-state index in [4.69, 9.17) is 13.9 Å². The molecule has 0 spiro atoms. The van der Waals surface area contributed by atoms with Gasteiger partial charge in [0.25, 0.3) is 15.0 Å². The van der Waals surface area contributed by atoms with Crippen LogP contribution in [0, 0.1) is 0 Å². The Balaban J connectivity index is 4.71. The first-order valence-corrected chi connectivity index (χ1v) is 7.46. The Labute approximate surface area is 99.3 Å². The molecule has 0 aromatic rings. The normalized spacial score (nSPS) is 10.1. The molecule has 0 saturated carbocycles. The van der Waals surface area contributed by atoms with E-state index >= 15 is 0 Å². The number of allylic oxidation sites excluding steroid dienone is 1. The van der Waals surface area contributed by atoms with Gasteiger partial charge >= 0.3 is 0 Å². The van der Waals surface area contributed by atoms with E-state index in [1.807, 2.05) is 27.3 Å². The molecule has 93 valence electrons. The summed E-state index contributed by atoms with van der Waals surface area (Å²) >= 11 is 0. The van der Waals surface area contributed by atoms with Gasteiger partial charge in [-0.3, -0.25) is 4.79 Å². The standard InChI is InChI=1S/C11H21O4Si/c1-6-13-11(14-7-2)9(4)10(12)16(5)15-8-3/h6-8H2,1-5H3. The Morgan fingerprint density at radius 1 is 1.06 bits per heavy atom. The van der Waals surface area contributed by atoms with Crippen LogP contribution in [0.5, 0.6) is 0 Å². The summed E-state index contributed by atoms with van der Waals surface area (Å²) in [5, 5.41) is 0.00347. The van der Waals surface area contributed by atoms with Gasteiger partial charge in [-0.15, -0.1) is 0 Å². The zero-order chi connectivity index (χ0) is 12.6. The highest BCUT2D eigenvalue weighted by molar-refractivity contribution is 6.87. The van der Waals surface area contributed by atoms with Crippen LogP contribution in [0.4, 0.5) is 0 Å². The lowest BCUT2D eigenvalue weighted by Crippen LogP contribution is -2.28. The Bertz CT molecular complexity index is 242. The molecule has 0 bridgehead atoms. The van der Waals surface area contributed by atoms with Crippen LogP contribution in [0.1, 0.15) is 27.7 Å². The van der Waals surface area contributed by atoms with Crippen LogP contribution >= 0.6 is 0 Å². The molecule has 16 heavy (non-hydrogen) atoms. The first kappa shape index (κ1) is 15.2. The molecule has 0 fully saturated rings. The van der Waals surface area contributed by atoms with Crippen molar-refractivity contribution in [3.05, 3.63) is 11.5 Å². The van der Waals surface area contributed by atoms with Gasteiger partial charge in [0.05, 0.1) is 18.8 Å². The molecular weight excluding hydrogens is 224 g/mol. The summed E-state index contributed by atoms with van der Waals surface area (Å²) in [6, 6.07) is 0. The number of hydrogen-bond acceptors (Lipinski definition) is 4.